The summed E-state index contributed by atoms with van der Waals surface area (Å²) in [6.45, 7) is 2.41. The maximum Gasteiger partial charge on any atom is 0.267 e. The number of benzene rings is 2. The highest BCUT2D eigenvalue weighted by molar-refractivity contribution is 5.92. The fourth-order valence-electron chi connectivity index (χ4n) is 2.92. The van der Waals surface area contributed by atoms with Gasteiger partial charge in [-0.25, -0.2) is 0 Å². The van der Waals surface area contributed by atoms with Crippen molar-refractivity contribution in [2.24, 2.45) is 0 Å². The van der Waals surface area contributed by atoms with Crippen LogP contribution in [0.2, 0.25) is 0 Å². The second kappa shape index (κ2) is 10.3. The number of hydrogen-bond acceptors (Lipinski definition) is 3. The third-order valence-corrected chi connectivity index (χ3v) is 4.44. The zero-order valence-electron chi connectivity index (χ0n) is 16.1. The van der Waals surface area contributed by atoms with Gasteiger partial charge in [-0.15, -0.1) is 0 Å². The largest absolute Gasteiger partial charge is 0.497 e. The van der Waals surface area contributed by atoms with E-state index in [1.807, 2.05) is 65.4 Å². The van der Waals surface area contributed by atoms with Crippen LogP contribution in [0, 0.1) is 0 Å². The molecule has 1 aromatic heterocycles. The smallest absolute Gasteiger partial charge is 0.267 e. The third-order valence-electron chi connectivity index (χ3n) is 4.44. The highest BCUT2D eigenvalue weighted by atomic mass is 16.5. The van der Waals surface area contributed by atoms with E-state index in [0.29, 0.717) is 32.0 Å². The van der Waals surface area contributed by atoms with Crippen LogP contribution in [0.4, 0.5) is 0 Å². The van der Waals surface area contributed by atoms with E-state index in [1.165, 1.54) is 5.56 Å². The fraction of sp³-hybridized carbons (Fsp3) is 0.261. The lowest BCUT2D eigenvalue weighted by Crippen LogP contribution is -2.27. The lowest BCUT2D eigenvalue weighted by Gasteiger charge is -2.10. The van der Waals surface area contributed by atoms with Gasteiger partial charge in [-0.3, -0.25) is 4.79 Å². The Hall–Kier alpha value is -3.05. The van der Waals surface area contributed by atoms with Crippen molar-refractivity contribution < 1.29 is 14.3 Å². The first-order chi connectivity index (χ1) is 13.8. The van der Waals surface area contributed by atoms with Crippen molar-refractivity contribution in [3.63, 3.8) is 0 Å². The number of carbonyl (C=O) groups excluding carboxylic acids is 1. The molecule has 0 unspecified atom stereocenters. The lowest BCUT2D eigenvalue weighted by atomic mass is 10.2. The Labute approximate surface area is 165 Å². The fourth-order valence-corrected chi connectivity index (χ4v) is 2.92. The molecule has 0 saturated carbocycles. The van der Waals surface area contributed by atoms with Crippen molar-refractivity contribution in [1.29, 1.82) is 0 Å². The topological polar surface area (TPSA) is 52.5 Å². The Morgan fingerprint density at radius 3 is 2.50 bits per heavy atom. The van der Waals surface area contributed by atoms with E-state index >= 15 is 0 Å². The zero-order chi connectivity index (χ0) is 19.6. The average Bonchev–Trinajstić information content (AvgIpc) is 3.20. The van der Waals surface area contributed by atoms with Crippen LogP contribution in [0.1, 0.15) is 28.0 Å². The van der Waals surface area contributed by atoms with E-state index in [1.54, 1.807) is 7.11 Å². The number of rotatable bonds is 10. The molecular weight excluding hydrogens is 352 g/mol. The molecule has 3 rings (SSSR count). The predicted molar refractivity (Wildman–Crippen MR) is 110 cm³/mol. The second-order valence-corrected chi connectivity index (χ2v) is 6.52. The Morgan fingerprint density at radius 2 is 1.75 bits per heavy atom. The molecule has 146 valence electrons. The molecule has 0 fully saturated rings. The maximum atomic E-state index is 12.4. The third kappa shape index (κ3) is 5.72. The molecule has 3 aromatic rings. The van der Waals surface area contributed by atoms with E-state index in [-0.39, 0.29) is 5.91 Å². The van der Waals surface area contributed by atoms with Gasteiger partial charge >= 0.3 is 0 Å². The Bertz CT molecular complexity index is 857. The predicted octanol–water partition coefficient (Wildman–Crippen LogP) is 3.88. The van der Waals surface area contributed by atoms with Crippen LogP contribution >= 0.6 is 0 Å². The molecule has 0 atom stereocenters. The molecular formula is C23H26N2O3. The number of nitrogens with one attached hydrogen (secondary N) is 1. The van der Waals surface area contributed by atoms with Crippen molar-refractivity contribution in [1.82, 2.24) is 9.88 Å². The molecule has 0 aliphatic carbocycles. The molecule has 1 N–H and O–H groups in total. The van der Waals surface area contributed by atoms with Gasteiger partial charge in [0.05, 0.1) is 13.7 Å². The van der Waals surface area contributed by atoms with Crippen molar-refractivity contribution >= 4 is 5.91 Å². The van der Waals surface area contributed by atoms with E-state index in [2.05, 4.69) is 17.4 Å². The van der Waals surface area contributed by atoms with E-state index in [4.69, 9.17) is 9.47 Å². The molecule has 0 bridgehead atoms. The van der Waals surface area contributed by atoms with Gasteiger partial charge < -0.3 is 19.4 Å². The number of nitrogens with zero attached hydrogens (tertiary/aromatic N) is 1. The summed E-state index contributed by atoms with van der Waals surface area (Å²) in [6, 6.07) is 21.7. The molecule has 0 radical (unpaired) electrons. The minimum atomic E-state index is -0.0592. The summed E-state index contributed by atoms with van der Waals surface area (Å²) in [5, 5.41) is 2.97. The normalized spacial score (nSPS) is 10.6. The number of aromatic nitrogens is 1. The van der Waals surface area contributed by atoms with Crippen LogP contribution in [0.5, 0.6) is 5.75 Å². The van der Waals surface area contributed by atoms with Crippen LogP contribution < -0.4 is 10.1 Å². The van der Waals surface area contributed by atoms with Crippen LogP contribution in [-0.4, -0.2) is 30.7 Å². The summed E-state index contributed by atoms with van der Waals surface area (Å²) in [4.78, 5) is 12.4. The van der Waals surface area contributed by atoms with Crippen LogP contribution in [0.15, 0.2) is 72.9 Å². The number of amides is 1. The van der Waals surface area contributed by atoms with E-state index in [0.717, 1.165) is 17.7 Å². The summed E-state index contributed by atoms with van der Waals surface area (Å²) >= 11 is 0. The molecule has 0 saturated heterocycles. The van der Waals surface area contributed by atoms with Crippen molar-refractivity contribution in [2.45, 2.75) is 19.6 Å². The summed E-state index contributed by atoms with van der Waals surface area (Å²) in [5.74, 6) is 0.777. The van der Waals surface area contributed by atoms with Gasteiger partial charge in [-0.2, -0.15) is 0 Å². The number of carbonyl (C=O) groups is 1. The lowest BCUT2D eigenvalue weighted by molar-refractivity contribution is 0.0926. The monoisotopic (exact) mass is 378 g/mol. The summed E-state index contributed by atoms with van der Waals surface area (Å²) in [6.07, 6.45) is 2.70. The number of hydrogen-bond donors (Lipinski definition) is 1. The highest BCUT2D eigenvalue weighted by Gasteiger charge is 2.10. The Balaban J connectivity index is 1.37. The van der Waals surface area contributed by atoms with Crippen molar-refractivity contribution in [2.75, 3.05) is 20.3 Å². The SMILES string of the molecule is COc1ccc(COCCCNC(=O)c2cccn2Cc2ccccc2)cc1. The highest BCUT2D eigenvalue weighted by Crippen LogP contribution is 2.12. The summed E-state index contributed by atoms with van der Waals surface area (Å²) in [5.41, 5.74) is 2.94. The van der Waals surface area contributed by atoms with Gasteiger partial charge in [0.2, 0.25) is 0 Å². The molecule has 1 amide bonds. The number of methoxy groups -OCH3 is 1. The van der Waals surface area contributed by atoms with Crippen molar-refractivity contribution in [3.05, 3.63) is 89.7 Å². The molecule has 28 heavy (non-hydrogen) atoms. The molecule has 1 heterocycles. The zero-order valence-corrected chi connectivity index (χ0v) is 16.1. The van der Waals surface area contributed by atoms with E-state index < -0.39 is 0 Å². The van der Waals surface area contributed by atoms with Crippen LogP contribution in [0.3, 0.4) is 0 Å². The minimum absolute atomic E-state index is 0.0592. The first kappa shape index (κ1) is 19.7. The van der Waals surface area contributed by atoms with Crippen LogP contribution in [-0.2, 0) is 17.9 Å². The van der Waals surface area contributed by atoms with Crippen LogP contribution in [0.25, 0.3) is 0 Å². The molecule has 0 spiro atoms. The Kier molecular flexibility index (Phi) is 7.27. The van der Waals surface area contributed by atoms with Gasteiger partial charge in [0.1, 0.15) is 11.4 Å². The van der Waals surface area contributed by atoms with Gasteiger partial charge in [0, 0.05) is 25.9 Å². The summed E-state index contributed by atoms with van der Waals surface area (Å²) < 4.78 is 12.8. The van der Waals surface area contributed by atoms with Gasteiger partial charge in [0.15, 0.2) is 0 Å². The van der Waals surface area contributed by atoms with E-state index in [9.17, 15) is 4.79 Å². The molecule has 0 aliphatic heterocycles. The van der Waals surface area contributed by atoms with Gasteiger partial charge in [0.25, 0.3) is 5.91 Å². The molecule has 5 heteroatoms. The molecule has 2 aromatic carbocycles. The first-order valence-corrected chi connectivity index (χ1v) is 9.44. The van der Waals surface area contributed by atoms with Crippen molar-refractivity contribution in [3.8, 4) is 5.75 Å². The minimum Gasteiger partial charge on any atom is -0.497 e. The number of ether oxygens (including phenoxy) is 2. The standard InChI is InChI=1S/C23H26N2O3/c1-27-21-12-10-20(11-13-21)18-28-16-6-14-24-23(26)22-9-5-15-25(22)17-19-7-3-2-4-8-19/h2-5,7-13,15H,6,14,16-18H2,1H3,(H,24,26). The summed E-state index contributed by atoms with van der Waals surface area (Å²) in [7, 11) is 1.65. The first-order valence-electron chi connectivity index (χ1n) is 9.44. The quantitative estimate of drug-likeness (QED) is 0.545. The second-order valence-electron chi connectivity index (χ2n) is 6.52. The van der Waals surface area contributed by atoms with Gasteiger partial charge in [-0.1, -0.05) is 42.5 Å². The average molecular weight is 378 g/mol. The van der Waals surface area contributed by atoms with Gasteiger partial charge in [-0.05, 0) is 41.8 Å². The molecule has 5 nitrogen and oxygen atoms in total. The molecule has 0 aliphatic rings. The Morgan fingerprint density at radius 1 is 0.964 bits per heavy atom. The maximum absolute atomic E-state index is 12.4.